The molecule has 0 aliphatic carbocycles. The Morgan fingerprint density at radius 3 is 2.66 bits per heavy atom. The largest absolute Gasteiger partial charge is 0.459 e. The zero-order valence-electron chi connectivity index (χ0n) is 19.0. The number of carbonyl (C=O) groups excluding carboxylic acids is 2. The molecule has 0 spiro atoms. The number of carbonyl (C=O) groups is 2. The number of halogens is 2. The van der Waals surface area contributed by atoms with Gasteiger partial charge in [0.25, 0.3) is 5.91 Å². The molecule has 182 valence electrons. The average molecular weight is 481 g/mol. The summed E-state index contributed by atoms with van der Waals surface area (Å²) in [7, 11) is 0. The summed E-state index contributed by atoms with van der Waals surface area (Å²) in [6, 6.07) is 16.4. The maximum Gasteiger partial charge on any atom is 0.290 e. The lowest BCUT2D eigenvalue weighted by atomic mass is 9.91. The van der Waals surface area contributed by atoms with Crippen LogP contribution < -0.4 is 5.32 Å². The van der Waals surface area contributed by atoms with Crippen LogP contribution in [0.15, 0.2) is 71.3 Å². The lowest BCUT2D eigenvalue weighted by Gasteiger charge is -2.30. The van der Waals surface area contributed by atoms with Crippen LogP contribution in [0.1, 0.15) is 35.1 Å². The summed E-state index contributed by atoms with van der Waals surface area (Å²) in [6.07, 6.45) is 0.536. The molecule has 35 heavy (non-hydrogen) atoms. The van der Waals surface area contributed by atoms with Gasteiger partial charge in [0.05, 0.1) is 25.0 Å². The first kappa shape index (κ1) is 23.2. The van der Waals surface area contributed by atoms with Crippen molar-refractivity contribution in [1.29, 1.82) is 0 Å². The van der Waals surface area contributed by atoms with Gasteiger partial charge in [-0.3, -0.25) is 9.59 Å². The summed E-state index contributed by atoms with van der Waals surface area (Å²) in [4.78, 5) is 27.4. The Morgan fingerprint density at radius 1 is 1.03 bits per heavy atom. The van der Waals surface area contributed by atoms with Crippen molar-refractivity contribution in [2.24, 2.45) is 5.92 Å². The lowest BCUT2D eigenvalue weighted by molar-refractivity contribution is -0.131. The van der Waals surface area contributed by atoms with Crippen molar-refractivity contribution in [2.75, 3.05) is 19.7 Å². The molecular formula is C27H26F2N2O4. The number of benzene rings is 2. The molecule has 2 amide bonds. The van der Waals surface area contributed by atoms with Gasteiger partial charge in [-0.2, -0.15) is 0 Å². The summed E-state index contributed by atoms with van der Waals surface area (Å²) in [5.74, 6) is -1.28. The van der Waals surface area contributed by atoms with E-state index in [9.17, 15) is 18.4 Å². The molecule has 1 aromatic heterocycles. The SMILES string of the molecule is O=C(N[C@H]1CN(C(=O)c2occc2-c2ccccc2)C[C@H]1F)[C@@H]1CCO[C@H](c2cccc(F)c2)C1. The first-order valence-corrected chi connectivity index (χ1v) is 11.7. The zero-order valence-corrected chi connectivity index (χ0v) is 19.0. The number of hydrogen-bond donors (Lipinski definition) is 1. The molecule has 3 aromatic rings. The smallest absolute Gasteiger partial charge is 0.290 e. The molecule has 2 aromatic carbocycles. The number of ether oxygens (including phenoxy) is 1. The molecule has 8 heteroatoms. The number of hydrogen-bond acceptors (Lipinski definition) is 4. The molecule has 4 atom stereocenters. The summed E-state index contributed by atoms with van der Waals surface area (Å²) < 4.78 is 39.7. The predicted molar refractivity (Wildman–Crippen MR) is 125 cm³/mol. The Balaban J connectivity index is 1.22. The summed E-state index contributed by atoms with van der Waals surface area (Å²) >= 11 is 0. The maximum absolute atomic E-state index is 14.9. The van der Waals surface area contributed by atoms with Crippen LogP contribution >= 0.6 is 0 Å². The minimum Gasteiger partial charge on any atom is -0.459 e. The lowest BCUT2D eigenvalue weighted by Crippen LogP contribution is -2.45. The van der Waals surface area contributed by atoms with Gasteiger partial charge in [-0.15, -0.1) is 0 Å². The molecule has 0 radical (unpaired) electrons. The van der Waals surface area contributed by atoms with Crippen molar-refractivity contribution in [3.63, 3.8) is 0 Å². The molecule has 2 aliphatic heterocycles. The number of furan rings is 1. The van der Waals surface area contributed by atoms with Crippen molar-refractivity contribution in [2.45, 2.75) is 31.2 Å². The molecule has 0 unspecified atom stereocenters. The van der Waals surface area contributed by atoms with Crippen LogP contribution in [0.4, 0.5) is 8.78 Å². The summed E-state index contributed by atoms with van der Waals surface area (Å²) in [5.41, 5.74) is 2.15. The van der Waals surface area contributed by atoms with Crippen LogP contribution in [0.5, 0.6) is 0 Å². The number of nitrogens with one attached hydrogen (secondary N) is 1. The second-order valence-electron chi connectivity index (χ2n) is 9.01. The van der Waals surface area contributed by atoms with Gasteiger partial charge >= 0.3 is 0 Å². The zero-order chi connectivity index (χ0) is 24.4. The second kappa shape index (κ2) is 10.00. The Kier molecular flexibility index (Phi) is 6.63. The van der Waals surface area contributed by atoms with Gasteiger partial charge in [-0.25, -0.2) is 8.78 Å². The molecule has 1 N–H and O–H groups in total. The van der Waals surface area contributed by atoms with Crippen LogP contribution in [0, 0.1) is 11.7 Å². The molecule has 2 aliphatic rings. The minimum atomic E-state index is -1.39. The first-order valence-electron chi connectivity index (χ1n) is 11.7. The third kappa shape index (κ3) is 4.98. The van der Waals surface area contributed by atoms with Crippen LogP contribution in [-0.2, 0) is 9.53 Å². The maximum atomic E-state index is 14.9. The monoisotopic (exact) mass is 480 g/mol. The van der Waals surface area contributed by atoms with E-state index in [1.807, 2.05) is 30.3 Å². The van der Waals surface area contributed by atoms with Crippen LogP contribution in [0.2, 0.25) is 0 Å². The number of alkyl halides is 1. The van der Waals surface area contributed by atoms with Crippen molar-refractivity contribution in [3.05, 3.63) is 84.1 Å². The summed E-state index contributed by atoms with van der Waals surface area (Å²) in [6.45, 7) is 0.282. The van der Waals surface area contributed by atoms with E-state index >= 15 is 0 Å². The average Bonchev–Trinajstić information content (AvgIpc) is 3.51. The van der Waals surface area contributed by atoms with Gasteiger partial charge in [0, 0.05) is 24.6 Å². The predicted octanol–water partition coefficient (Wildman–Crippen LogP) is 4.53. The number of rotatable bonds is 5. The van der Waals surface area contributed by atoms with Crippen LogP contribution in [-0.4, -0.2) is 48.6 Å². The van der Waals surface area contributed by atoms with Gasteiger partial charge in [0.15, 0.2) is 5.76 Å². The summed E-state index contributed by atoms with van der Waals surface area (Å²) in [5, 5.41) is 2.79. The van der Waals surface area contributed by atoms with E-state index < -0.39 is 24.2 Å². The Labute approximate surface area is 201 Å². The fourth-order valence-corrected chi connectivity index (χ4v) is 4.80. The van der Waals surface area contributed by atoms with E-state index in [4.69, 9.17) is 9.15 Å². The number of amides is 2. The van der Waals surface area contributed by atoms with Crippen LogP contribution in [0.25, 0.3) is 11.1 Å². The fraction of sp³-hybridized carbons (Fsp3) is 0.333. The Hall–Kier alpha value is -3.52. The molecule has 2 fully saturated rings. The second-order valence-corrected chi connectivity index (χ2v) is 9.01. The number of likely N-dealkylation sites (tertiary alicyclic amines) is 1. The van der Waals surface area contributed by atoms with E-state index in [-0.39, 0.29) is 36.5 Å². The molecule has 5 rings (SSSR count). The highest BCUT2D eigenvalue weighted by atomic mass is 19.1. The van der Waals surface area contributed by atoms with E-state index in [1.165, 1.54) is 23.3 Å². The van der Waals surface area contributed by atoms with Crippen molar-refractivity contribution in [3.8, 4) is 11.1 Å². The van der Waals surface area contributed by atoms with Gasteiger partial charge in [-0.05, 0) is 42.2 Å². The Bertz CT molecular complexity index is 1200. The van der Waals surface area contributed by atoms with Crippen molar-refractivity contribution >= 4 is 11.8 Å². The topological polar surface area (TPSA) is 71.8 Å². The Morgan fingerprint density at radius 2 is 1.86 bits per heavy atom. The third-order valence-electron chi connectivity index (χ3n) is 6.68. The molecule has 2 saturated heterocycles. The van der Waals surface area contributed by atoms with E-state index in [1.54, 1.807) is 18.2 Å². The third-order valence-corrected chi connectivity index (χ3v) is 6.68. The van der Waals surface area contributed by atoms with E-state index in [2.05, 4.69) is 5.32 Å². The van der Waals surface area contributed by atoms with E-state index in [0.29, 0.717) is 30.6 Å². The highest BCUT2D eigenvalue weighted by molar-refractivity contribution is 5.98. The molecule has 0 bridgehead atoms. The molecular weight excluding hydrogens is 454 g/mol. The van der Waals surface area contributed by atoms with Crippen molar-refractivity contribution < 1.29 is 27.5 Å². The van der Waals surface area contributed by atoms with Gasteiger partial charge in [0.2, 0.25) is 5.91 Å². The quantitative estimate of drug-likeness (QED) is 0.583. The number of nitrogens with zero attached hydrogens (tertiary/aromatic N) is 1. The van der Waals surface area contributed by atoms with E-state index in [0.717, 1.165) is 5.56 Å². The van der Waals surface area contributed by atoms with Crippen molar-refractivity contribution in [1.82, 2.24) is 10.2 Å². The molecule has 6 nitrogen and oxygen atoms in total. The standard InChI is InChI=1S/C27H26F2N2O4/c28-20-8-4-7-18(13-20)24-14-19(9-11-34-24)26(32)30-23-16-31(15-22(23)29)27(33)25-21(10-12-35-25)17-5-2-1-3-6-17/h1-8,10,12-13,19,22-24H,9,11,14-16H2,(H,30,32)/t19-,22-,23+,24+/m1/s1. The van der Waals surface area contributed by atoms with Gasteiger partial charge in [-0.1, -0.05) is 42.5 Å². The highest BCUT2D eigenvalue weighted by Crippen LogP contribution is 2.33. The van der Waals surface area contributed by atoms with Gasteiger partial charge < -0.3 is 19.4 Å². The van der Waals surface area contributed by atoms with Crippen LogP contribution in [0.3, 0.4) is 0 Å². The highest BCUT2D eigenvalue weighted by Gasteiger charge is 2.39. The minimum absolute atomic E-state index is 0.0528. The molecule has 0 saturated carbocycles. The fourth-order valence-electron chi connectivity index (χ4n) is 4.80. The normalized spacial score (nSPS) is 24.3. The molecule has 3 heterocycles. The first-order chi connectivity index (χ1) is 17.0. The van der Waals surface area contributed by atoms with Gasteiger partial charge in [0.1, 0.15) is 12.0 Å².